The lowest BCUT2D eigenvalue weighted by molar-refractivity contribution is -0.137. The van der Waals surface area contributed by atoms with E-state index in [9.17, 15) is 22.5 Å². The largest absolute Gasteiger partial charge is 0.421 e. The molecule has 2 rings (SSSR count). The average Bonchev–Trinajstić information content (AvgIpc) is 2.61. The third-order valence-electron chi connectivity index (χ3n) is 4.08. The molecule has 0 amide bonds. The molecule has 0 radical (unpaired) electrons. The Balaban J connectivity index is 2.31. The molecule has 0 saturated carbocycles. The van der Waals surface area contributed by atoms with Crippen LogP contribution in [0.4, 0.5) is 30.6 Å². The van der Waals surface area contributed by atoms with E-state index in [-0.39, 0.29) is 11.7 Å². The number of hydrogen-bond acceptors (Lipinski definition) is 7. The number of alkyl halides is 3. The van der Waals surface area contributed by atoms with Crippen LogP contribution < -0.4 is 10.6 Å². The molecule has 11 heteroatoms. The number of aromatic nitrogens is 2. The van der Waals surface area contributed by atoms with Crippen molar-refractivity contribution < 1.29 is 22.5 Å². The number of nitrogens with zero attached hydrogens (tertiary/aromatic N) is 2. The predicted molar refractivity (Wildman–Crippen MR) is 101 cm³/mol. The molecule has 0 aliphatic carbocycles. The first-order chi connectivity index (χ1) is 12.9. The summed E-state index contributed by atoms with van der Waals surface area (Å²) in [4.78, 5) is 7.95. The maximum absolute atomic E-state index is 13.2. The van der Waals surface area contributed by atoms with Crippen LogP contribution in [0.15, 0.2) is 35.4 Å². The van der Waals surface area contributed by atoms with E-state index in [0.29, 0.717) is 16.8 Å². The Hall–Kier alpha value is -2.40. The number of benzene rings is 1. The fourth-order valence-corrected chi connectivity index (χ4v) is 3.06. The summed E-state index contributed by atoms with van der Waals surface area (Å²) < 4.78 is 59.4. The second-order valence-electron chi connectivity index (χ2n) is 6.24. The van der Waals surface area contributed by atoms with E-state index in [0.717, 1.165) is 0 Å². The van der Waals surface area contributed by atoms with Gasteiger partial charge in [0.1, 0.15) is 11.4 Å². The van der Waals surface area contributed by atoms with Crippen LogP contribution in [0.5, 0.6) is 0 Å². The summed E-state index contributed by atoms with van der Waals surface area (Å²) in [6.45, 7) is 4.64. The molecule has 0 bridgehead atoms. The third kappa shape index (κ3) is 5.32. The van der Waals surface area contributed by atoms with Crippen LogP contribution in [0.1, 0.15) is 26.3 Å². The van der Waals surface area contributed by atoms with Crippen molar-refractivity contribution in [2.24, 2.45) is 0 Å². The average molecular weight is 417 g/mol. The van der Waals surface area contributed by atoms with Gasteiger partial charge in [-0.1, -0.05) is 6.92 Å². The van der Waals surface area contributed by atoms with E-state index < -0.39 is 39.4 Å². The van der Waals surface area contributed by atoms with Crippen LogP contribution in [-0.4, -0.2) is 37.2 Å². The molecule has 1 aromatic carbocycles. The van der Waals surface area contributed by atoms with Crippen LogP contribution in [0.3, 0.4) is 0 Å². The van der Waals surface area contributed by atoms with Gasteiger partial charge in [-0.3, -0.25) is 0 Å². The number of aliphatic hydroxyl groups is 1. The van der Waals surface area contributed by atoms with Crippen LogP contribution in [0.25, 0.3) is 0 Å². The molecule has 1 aromatic heterocycles. The number of aliphatic hydroxyl groups excluding tert-OH is 1. The predicted octanol–water partition coefficient (Wildman–Crippen LogP) is 3.85. The Morgan fingerprint density at radius 3 is 2.36 bits per heavy atom. The van der Waals surface area contributed by atoms with Gasteiger partial charge in [-0.15, -0.1) is 0 Å². The Labute approximate surface area is 161 Å². The maximum Gasteiger partial charge on any atom is 0.421 e. The highest BCUT2D eigenvalue weighted by molar-refractivity contribution is 7.92. The van der Waals surface area contributed by atoms with Crippen LogP contribution in [-0.2, 0) is 15.9 Å². The number of nitrogens with one attached hydrogen (secondary N) is 3. The van der Waals surface area contributed by atoms with Crippen molar-refractivity contribution in [1.29, 1.82) is 4.78 Å². The van der Waals surface area contributed by atoms with Crippen molar-refractivity contribution in [2.45, 2.75) is 44.0 Å². The second-order valence-corrected chi connectivity index (χ2v) is 8.64. The normalized spacial score (nSPS) is 16.1. The first-order valence-electron chi connectivity index (χ1n) is 8.46. The molecule has 0 aliphatic rings. The SMILES string of the molecule is CCS(=N)(=O)c1ccc(Nc2ncc(C(F)(F)F)c(N[C@H](C)[C@@H](C)O)n2)cc1. The van der Waals surface area contributed by atoms with Gasteiger partial charge in [0, 0.05) is 22.5 Å². The molecule has 1 heterocycles. The third-order valence-corrected chi connectivity index (χ3v) is 5.93. The van der Waals surface area contributed by atoms with Crippen molar-refractivity contribution in [1.82, 2.24) is 9.97 Å². The molecule has 0 saturated heterocycles. The molecule has 0 aliphatic heterocycles. The number of halogens is 3. The van der Waals surface area contributed by atoms with Gasteiger partial charge in [0.2, 0.25) is 5.95 Å². The van der Waals surface area contributed by atoms with E-state index in [1.807, 2.05) is 0 Å². The molecule has 154 valence electrons. The fraction of sp³-hybridized carbons (Fsp3) is 0.412. The van der Waals surface area contributed by atoms with Gasteiger partial charge in [0.15, 0.2) is 0 Å². The maximum atomic E-state index is 13.2. The van der Waals surface area contributed by atoms with Crippen LogP contribution >= 0.6 is 0 Å². The second kappa shape index (κ2) is 8.31. The fourth-order valence-electron chi connectivity index (χ4n) is 2.15. The summed E-state index contributed by atoms with van der Waals surface area (Å²) in [6.07, 6.45) is -4.89. The van der Waals surface area contributed by atoms with Crippen molar-refractivity contribution >= 4 is 27.2 Å². The molecule has 4 N–H and O–H groups in total. The standard InChI is InChI=1S/C17H22F3N5O2S/c1-4-28(21,27)13-7-5-12(6-8-13)24-16-22-9-14(17(18,19)20)15(25-16)23-10(2)11(3)26/h5-11,21,26H,4H2,1-3H3,(H2,22,23,24,25)/t10-,11-,28?/m1/s1. The van der Waals surface area contributed by atoms with E-state index in [1.54, 1.807) is 19.1 Å². The monoisotopic (exact) mass is 417 g/mol. The first kappa shape index (κ1) is 21.9. The van der Waals surface area contributed by atoms with Gasteiger partial charge in [-0.2, -0.15) is 18.2 Å². The van der Waals surface area contributed by atoms with Crippen molar-refractivity contribution in [3.05, 3.63) is 36.0 Å². The Bertz CT molecular complexity index is 915. The summed E-state index contributed by atoms with van der Waals surface area (Å²) in [6, 6.07) is 5.46. The highest BCUT2D eigenvalue weighted by Gasteiger charge is 2.35. The smallest absolute Gasteiger partial charge is 0.391 e. The lowest BCUT2D eigenvalue weighted by Crippen LogP contribution is -2.29. The van der Waals surface area contributed by atoms with Gasteiger partial charge in [-0.25, -0.2) is 14.0 Å². The van der Waals surface area contributed by atoms with E-state index in [2.05, 4.69) is 20.6 Å². The van der Waals surface area contributed by atoms with E-state index >= 15 is 0 Å². The minimum absolute atomic E-state index is 0.0804. The van der Waals surface area contributed by atoms with Gasteiger partial charge >= 0.3 is 6.18 Å². The number of hydrogen-bond donors (Lipinski definition) is 4. The molecule has 0 spiro atoms. The lowest BCUT2D eigenvalue weighted by Gasteiger charge is -2.20. The summed E-state index contributed by atoms with van der Waals surface area (Å²) in [7, 11) is -2.86. The molecule has 1 unspecified atom stereocenters. The molecule has 7 nitrogen and oxygen atoms in total. The minimum Gasteiger partial charge on any atom is -0.391 e. The zero-order valence-electron chi connectivity index (χ0n) is 15.5. The molecular weight excluding hydrogens is 395 g/mol. The van der Waals surface area contributed by atoms with Crippen molar-refractivity contribution in [3.8, 4) is 0 Å². The molecule has 0 fully saturated rings. The highest BCUT2D eigenvalue weighted by Crippen LogP contribution is 2.34. The topological polar surface area (TPSA) is 111 Å². The highest BCUT2D eigenvalue weighted by atomic mass is 32.2. The zero-order chi connectivity index (χ0) is 21.1. The molecule has 2 aromatic rings. The van der Waals surface area contributed by atoms with Gasteiger partial charge in [-0.05, 0) is 38.1 Å². The van der Waals surface area contributed by atoms with Gasteiger partial charge in [0.25, 0.3) is 0 Å². The minimum atomic E-state index is -4.66. The van der Waals surface area contributed by atoms with Gasteiger partial charge in [0.05, 0.1) is 21.9 Å². The molecule has 28 heavy (non-hydrogen) atoms. The van der Waals surface area contributed by atoms with Gasteiger partial charge < -0.3 is 15.7 Å². The lowest BCUT2D eigenvalue weighted by atomic mass is 10.2. The Kier molecular flexibility index (Phi) is 6.50. The quantitative estimate of drug-likeness (QED) is 0.545. The van der Waals surface area contributed by atoms with E-state index in [1.165, 1.54) is 26.0 Å². The summed E-state index contributed by atoms with van der Waals surface area (Å²) in [5.74, 6) is -0.350. The van der Waals surface area contributed by atoms with Crippen LogP contribution in [0.2, 0.25) is 0 Å². The molecular formula is C17H22F3N5O2S. The number of anilines is 3. The Morgan fingerprint density at radius 2 is 1.86 bits per heavy atom. The molecule has 3 atom stereocenters. The summed E-state index contributed by atoms with van der Waals surface area (Å²) in [5, 5.41) is 14.9. The summed E-state index contributed by atoms with van der Waals surface area (Å²) in [5.41, 5.74) is -0.581. The number of rotatable bonds is 7. The van der Waals surface area contributed by atoms with E-state index in [4.69, 9.17) is 4.78 Å². The summed E-state index contributed by atoms with van der Waals surface area (Å²) >= 11 is 0. The zero-order valence-corrected chi connectivity index (χ0v) is 16.4. The van der Waals surface area contributed by atoms with Crippen molar-refractivity contribution in [3.63, 3.8) is 0 Å². The van der Waals surface area contributed by atoms with Crippen LogP contribution in [0, 0.1) is 4.78 Å². The Morgan fingerprint density at radius 1 is 1.25 bits per heavy atom. The van der Waals surface area contributed by atoms with Crippen molar-refractivity contribution in [2.75, 3.05) is 16.4 Å². The first-order valence-corrected chi connectivity index (χ1v) is 10.2.